The number of aromatic nitrogens is 4. The number of nitrogens with zero attached hydrogens (tertiary/aromatic N) is 4. The number of hydrogen-bond donors (Lipinski definition) is 1. The smallest absolute Gasteiger partial charge is 0.251 e. The number of ether oxygens (including phenoxy) is 1. The van der Waals surface area contributed by atoms with Crippen LogP contribution in [0.4, 0.5) is 4.39 Å². The van der Waals surface area contributed by atoms with Crippen molar-refractivity contribution in [2.75, 3.05) is 7.11 Å². The van der Waals surface area contributed by atoms with Crippen LogP contribution in [-0.4, -0.2) is 32.5 Å². The molecule has 1 amide bonds. The van der Waals surface area contributed by atoms with Crippen molar-refractivity contribution < 1.29 is 13.9 Å². The molecule has 8 heteroatoms. The Bertz CT molecular complexity index is 908. The first-order chi connectivity index (χ1) is 12.6. The van der Waals surface area contributed by atoms with Gasteiger partial charge in [-0.3, -0.25) is 4.79 Å². The maximum absolute atomic E-state index is 14.0. The normalized spacial score (nSPS) is 10.6. The fraction of sp³-hybridized carbons (Fsp3) is 0.222. The standard InChI is InChI=1S/C18H18FN5O2/c1-3-24-10-15(23-11-24)7-22-18(25)13-4-12(5-14(19)6-13)17-20-8-16(26-2)9-21-17/h4-6,8-11H,3,7H2,1-2H3,(H,22,25). The van der Waals surface area contributed by atoms with Crippen molar-refractivity contribution in [3.63, 3.8) is 0 Å². The second-order valence-corrected chi connectivity index (χ2v) is 5.55. The van der Waals surface area contributed by atoms with Gasteiger partial charge in [-0.1, -0.05) is 0 Å². The van der Waals surface area contributed by atoms with E-state index in [9.17, 15) is 9.18 Å². The summed E-state index contributed by atoms with van der Waals surface area (Å²) in [7, 11) is 1.51. The molecule has 1 N–H and O–H groups in total. The molecule has 134 valence electrons. The number of rotatable bonds is 6. The molecule has 0 atom stereocenters. The van der Waals surface area contributed by atoms with Gasteiger partial charge < -0.3 is 14.6 Å². The van der Waals surface area contributed by atoms with Crippen LogP contribution in [0.1, 0.15) is 23.0 Å². The lowest BCUT2D eigenvalue weighted by Gasteiger charge is -2.07. The van der Waals surface area contributed by atoms with Crippen molar-refractivity contribution in [1.29, 1.82) is 0 Å². The number of halogens is 1. The topological polar surface area (TPSA) is 81.9 Å². The molecule has 3 rings (SSSR count). The van der Waals surface area contributed by atoms with Crippen molar-refractivity contribution in [1.82, 2.24) is 24.8 Å². The molecule has 0 spiro atoms. The Kier molecular flexibility index (Phi) is 5.21. The highest BCUT2D eigenvalue weighted by Gasteiger charge is 2.12. The summed E-state index contributed by atoms with van der Waals surface area (Å²) in [6.45, 7) is 3.06. The lowest BCUT2D eigenvalue weighted by atomic mass is 10.1. The van der Waals surface area contributed by atoms with E-state index in [4.69, 9.17) is 4.74 Å². The summed E-state index contributed by atoms with van der Waals surface area (Å²) >= 11 is 0. The monoisotopic (exact) mass is 355 g/mol. The number of aryl methyl sites for hydroxylation is 1. The number of amides is 1. The van der Waals surface area contributed by atoms with E-state index in [1.54, 1.807) is 12.4 Å². The average Bonchev–Trinajstić information content (AvgIpc) is 3.14. The molecule has 1 aromatic carbocycles. The molecule has 0 fully saturated rings. The van der Waals surface area contributed by atoms with Gasteiger partial charge in [-0.05, 0) is 25.1 Å². The van der Waals surface area contributed by atoms with Crippen LogP contribution in [0, 0.1) is 5.82 Å². The first-order valence-electron chi connectivity index (χ1n) is 8.05. The highest BCUT2D eigenvalue weighted by atomic mass is 19.1. The molecule has 0 aliphatic rings. The summed E-state index contributed by atoms with van der Waals surface area (Å²) < 4.78 is 20.9. The minimum atomic E-state index is -0.540. The molecule has 0 radical (unpaired) electrons. The van der Waals surface area contributed by atoms with E-state index in [2.05, 4.69) is 20.3 Å². The Morgan fingerprint density at radius 1 is 1.23 bits per heavy atom. The van der Waals surface area contributed by atoms with Crippen molar-refractivity contribution in [3.05, 3.63) is 60.2 Å². The van der Waals surface area contributed by atoms with Crippen LogP contribution in [0.25, 0.3) is 11.4 Å². The van der Waals surface area contributed by atoms with Gasteiger partial charge in [0.05, 0.1) is 38.1 Å². The van der Waals surface area contributed by atoms with Crippen LogP contribution in [0.2, 0.25) is 0 Å². The molecular formula is C18H18FN5O2. The molecular weight excluding hydrogens is 337 g/mol. The zero-order chi connectivity index (χ0) is 18.5. The maximum atomic E-state index is 14.0. The van der Waals surface area contributed by atoms with Gasteiger partial charge in [0.15, 0.2) is 11.6 Å². The Morgan fingerprint density at radius 3 is 2.65 bits per heavy atom. The molecule has 2 aromatic heterocycles. The zero-order valence-corrected chi connectivity index (χ0v) is 14.4. The number of nitrogens with one attached hydrogen (secondary N) is 1. The average molecular weight is 355 g/mol. The molecule has 0 saturated carbocycles. The molecule has 7 nitrogen and oxygen atoms in total. The van der Waals surface area contributed by atoms with E-state index in [1.807, 2.05) is 17.7 Å². The summed E-state index contributed by atoms with van der Waals surface area (Å²) in [6.07, 6.45) is 6.51. The Hall–Kier alpha value is -3.29. The van der Waals surface area contributed by atoms with E-state index < -0.39 is 11.7 Å². The lowest BCUT2D eigenvalue weighted by molar-refractivity contribution is 0.0950. The molecule has 0 saturated heterocycles. The fourth-order valence-corrected chi connectivity index (χ4v) is 2.36. The number of carbonyl (C=O) groups excluding carboxylic acids is 1. The molecule has 0 bridgehead atoms. The number of imidazole rings is 1. The van der Waals surface area contributed by atoms with Gasteiger partial charge in [-0.15, -0.1) is 0 Å². The van der Waals surface area contributed by atoms with E-state index >= 15 is 0 Å². The lowest BCUT2D eigenvalue weighted by Crippen LogP contribution is -2.23. The zero-order valence-electron chi connectivity index (χ0n) is 14.4. The molecule has 0 unspecified atom stereocenters. The van der Waals surface area contributed by atoms with Gasteiger partial charge in [0.2, 0.25) is 0 Å². The summed E-state index contributed by atoms with van der Waals surface area (Å²) in [6, 6.07) is 4.00. The Morgan fingerprint density at radius 2 is 2.00 bits per heavy atom. The van der Waals surface area contributed by atoms with E-state index in [1.165, 1.54) is 31.6 Å². The first-order valence-corrected chi connectivity index (χ1v) is 8.05. The largest absolute Gasteiger partial charge is 0.494 e. The number of methoxy groups -OCH3 is 1. The fourth-order valence-electron chi connectivity index (χ4n) is 2.36. The van der Waals surface area contributed by atoms with Crippen LogP contribution >= 0.6 is 0 Å². The SMILES string of the molecule is CCn1cnc(CNC(=O)c2cc(F)cc(-c3ncc(OC)cn3)c2)c1. The molecule has 26 heavy (non-hydrogen) atoms. The predicted octanol–water partition coefficient (Wildman–Crippen LogP) is 2.44. The van der Waals surface area contributed by atoms with E-state index in [-0.39, 0.29) is 12.1 Å². The summed E-state index contributed by atoms with van der Waals surface area (Å²) in [5, 5.41) is 2.73. The highest BCUT2D eigenvalue weighted by Crippen LogP contribution is 2.20. The minimum Gasteiger partial charge on any atom is -0.494 e. The van der Waals surface area contributed by atoms with Gasteiger partial charge >= 0.3 is 0 Å². The van der Waals surface area contributed by atoms with Crippen molar-refractivity contribution in [2.45, 2.75) is 20.0 Å². The van der Waals surface area contributed by atoms with E-state index in [0.717, 1.165) is 12.2 Å². The van der Waals surface area contributed by atoms with Crippen LogP contribution in [0.15, 0.2) is 43.1 Å². The quantitative estimate of drug-likeness (QED) is 0.734. The molecule has 2 heterocycles. The van der Waals surface area contributed by atoms with Crippen molar-refractivity contribution in [2.24, 2.45) is 0 Å². The third-order valence-corrected chi connectivity index (χ3v) is 3.76. The summed E-state index contributed by atoms with van der Waals surface area (Å²) in [4.78, 5) is 24.8. The third-order valence-electron chi connectivity index (χ3n) is 3.76. The van der Waals surface area contributed by atoms with Crippen LogP contribution < -0.4 is 10.1 Å². The van der Waals surface area contributed by atoms with Crippen LogP contribution in [0.3, 0.4) is 0 Å². The highest BCUT2D eigenvalue weighted by molar-refractivity contribution is 5.95. The Labute approximate surface area is 149 Å². The number of hydrogen-bond acceptors (Lipinski definition) is 5. The Balaban J connectivity index is 1.76. The van der Waals surface area contributed by atoms with Gasteiger partial charge in [-0.25, -0.2) is 19.3 Å². The third kappa shape index (κ3) is 4.02. The molecule has 3 aromatic rings. The minimum absolute atomic E-state index is 0.189. The summed E-state index contributed by atoms with van der Waals surface area (Å²) in [5.74, 6) is -0.136. The van der Waals surface area contributed by atoms with Gasteiger partial charge in [0, 0.05) is 23.9 Å². The van der Waals surface area contributed by atoms with Crippen LogP contribution in [-0.2, 0) is 13.1 Å². The van der Waals surface area contributed by atoms with Crippen molar-refractivity contribution in [3.8, 4) is 17.1 Å². The van der Waals surface area contributed by atoms with Gasteiger partial charge in [-0.2, -0.15) is 0 Å². The second-order valence-electron chi connectivity index (χ2n) is 5.55. The number of benzene rings is 1. The predicted molar refractivity (Wildman–Crippen MR) is 93.0 cm³/mol. The summed E-state index contributed by atoms with van der Waals surface area (Å²) in [5.41, 5.74) is 1.33. The first kappa shape index (κ1) is 17.5. The van der Waals surface area contributed by atoms with Gasteiger partial charge in [0.25, 0.3) is 5.91 Å². The molecule has 0 aliphatic heterocycles. The maximum Gasteiger partial charge on any atom is 0.251 e. The second kappa shape index (κ2) is 7.73. The molecule has 0 aliphatic carbocycles. The van der Waals surface area contributed by atoms with E-state index in [0.29, 0.717) is 17.1 Å². The van der Waals surface area contributed by atoms with Crippen molar-refractivity contribution >= 4 is 5.91 Å². The van der Waals surface area contributed by atoms with Crippen LogP contribution in [0.5, 0.6) is 5.75 Å². The number of carbonyl (C=O) groups is 1. The van der Waals surface area contributed by atoms with Gasteiger partial charge in [0.1, 0.15) is 5.82 Å².